The van der Waals surface area contributed by atoms with Gasteiger partial charge in [0, 0.05) is 0 Å². The van der Waals surface area contributed by atoms with Gasteiger partial charge in [0.05, 0.1) is 23.7 Å². The first-order valence-corrected chi connectivity index (χ1v) is 5.77. The van der Waals surface area contributed by atoms with Gasteiger partial charge >= 0.3 is 0 Å². The van der Waals surface area contributed by atoms with Crippen molar-refractivity contribution < 1.29 is 5.11 Å². The molecular formula is C13H16N2O2. The van der Waals surface area contributed by atoms with E-state index in [2.05, 4.69) is 4.98 Å². The van der Waals surface area contributed by atoms with E-state index in [1.165, 1.54) is 0 Å². The molecule has 17 heavy (non-hydrogen) atoms. The van der Waals surface area contributed by atoms with Gasteiger partial charge in [-0.05, 0) is 25.5 Å². The highest BCUT2D eigenvalue weighted by molar-refractivity contribution is 5.74. The van der Waals surface area contributed by atoms with Crippen molar-refractivity contribution in [3.05, 3.63) is 40.3 Å². The minimum atomic E-state index is -0.502. The van der Waals surface area contributed by atoms with Crippen LogP contribution in [-0.2, 0) is 6.54 Å². The average Bonchev–Trinajstić information content (AvgIpc) is 2.34. The van der Waals surface area contributed by atoms with Gasteiger partial charge in [-0.2, -0.15) is 0 Å². The molecule has 0 aliphatic heterocycles. The van der Waals surface area contributed by atoms with Crippen LogP contribution < -0.4 is 5.56 Å². The zero-order valence-corrected chi connectivity index (χ0v) is 10.1. The van der Waals surface area contributed by atoms with E-state index >= 15 is 0 Å². The Hall–Kier alpha value is -1.68. The minimum absolute atomic E-state index is 0.129. The van der Waals surface area contributed by atoms with E-state index < -0.39 is 6.10 Å². The molecule has 1 heterocycles. The van der Waals surface area contributed by atoms with Gasteiger partial charge in [-0.25, -0.2) is 4.98 Å². The molecule has 0 bridgehead atoms. The van der Waals surface area contributed by atoms with Gasteiger partial charge < -0.3 is 9.67 Å². The lowest BCUT2D eigenvalue weighted by atomic mass is 10.2. The summed E-state index contributed by atoms with van der Waals surface area (Å²) < 4.78 is 1.60. The summed E-state index contributed by atoms with van der Waals surface area (Å²) >= 11 is 0. The zero-order chi connectivity index (χ0) is 12.4. The van der Waals surface area contributed by atoms with Gasteiger partial charge in [0.25, 0.3) is 5.56 Å². The maximum absolute atomic E-state index is 12.0. The Kier molecular flexibility index (Phi) is 3.24. The monoisotopic (exact) mass is 232 g/mol. The van der Waals surface area contributed by atoms with Crippen molar-refractivity contribution in [2.45, 2.75) is 32.9 Å². The first-order chi connectivity index (χ1) is 8.13. The molecule has 1 aromatic carbocycles. The third-order valence-electron chi connectivity index (χ3n) is 2.88. The molecule has 4 heteroatoms. The Bertz CT molecular complexity index is 589. The molecule has 0 spiro atoms. The predicted molar refractivity (Wildman–Crippen MR) is 67.0 cm³/mol. The standard InChI is InChI=1S/C13H16N2O2/c1-3-10(16)8-15-12-7-5-4-6-11(12)14-9(2)13(15)17/h4-7,10,16H,3,8H2,1-2H3. The highest BCUT2D eigenvalue weighted by Gasteiger charge is 2.10. The molecule has 0 aliphatic carbocycles. The van der Waals surface area contributed by atoms with Gasteiger partial charge in [-0.15, -0.1) is 0 Å². The predicted octanol–water partition coefficient (Wildman–Crippen LogP) is 1.48. The highest BCUT2D eigenvalue weighted by Crippen LogP contribution is 2.10. The molecule has 2 rings (SSSR count). The third kappa shape index (κ3) is 2.22. The number of aromatic nitrogens is 2. The molecule has 1 atom stereocenters. The van der Waals surface area contributed by atoms with Crippen molar-refractivity contribution in [2.75, 3.05) is 0 Å². The summed E-state index contributed by atoms with van der Waals surface area (Å²) in [6.45, 7) is 3.91. The number of hydrogen-bond donors (Lipinski definition) is 1. The normalized spacial score (nSPS) is 12.9. The molecule has 90 valence electrons. The summed E-state index contributed by atoms with van der Waals surface area (Å²) in [7, 11) is 0. The third-order valence-corrected chi connectivity index (χ3v) is 2.88. The Morgan fingerprint density at radius 3 is 2.82 bits per heavy atom. The second-order valence-corrected chi connectivity index (χ2v) is 4.16. The van der Waals surface area contributed by atoms with Crippen molar-refractivity contribution in [2.24, 2.45) is 0 Å². The van der Waals surface area contributed by atoms with Crippen LogP contribution in [0.15, 0.2) is 29.1 Å². The van der Waals surface area contributed by atoms with E-state index in [0.29, 0.717) is 18.7 Å². The van der Waals surface area contributed by atoms with Crippen molar-refractivity contribution in [3.63, 3.8) is 0 Å². The average molecular weight is 232 g/mol. The number of benzene rings is 1. The number of aryl methyl sites for hydroxylation is 1. The zero-order valence-electron chi connectivity index (χ0n) is 10.1. The molecule has 0 saturated heterocycles. The van der Waals surface area contributed by atoms with Gasteiger partial charge in [0.15, 0.2) is 0 Å². The van der Waals surface area contributed by atoms with Crippen LogP contribution in [0.3, 0.4) is 0 Å². The molecule has 1 N–H and O–H groups in total. The summed E-state index contributed by atoms with van der Waals surface area (Å²) in [5.41, 5.74) is 1.90. The summed E-state index contributed by atoms with van der Waals surface area (Å²) in [5, 5.41) is 9.71. The summed E-state index contributed by atoms with van der Waals surface area (Å²) in [6.07, 6.45) is 0.125. The second kappa shape index (κ2) is 4.67. The van der Waals surface area contributed by atoms with Gasteiger partial charge in [0.2, 0.25) is 0 Å². The van der Waals surface area contributed by atoms with Crippen molar-refractivity contribution >= 4 is 11.0 Å². The topological polar surface area (TPSA) is 55.1 Å². The Morgan fingerprint density at radius 2 is 2.12 bits per heavy atom. The Labute approximate surface area is 99.5 Å². The molecule has 0 amide bonds. The van der Waals surface area contributed by atoms with Crippen LogP contribution in [0.2, 0.25) is 0 Å². The number of fused-ring (bicyclic) bond motifs is 1. The van der Waals surface area contributed by atoms with Gasteiger partial charge in [-0.3, -0.25) is 4.79 Å². The first kappa shape index (κ1) is 11.8. The quantitative estimate of drug-likeness (QED) is 0.872. The molecule has 4 nitrogen and oxygen atoms in total. The lowest BCUT2D eigenvalue weighted by Gasteiger charge is -2.13. The fourth-order valence-corrected chi connectivity index (χ4v) is 1.84. The van der Waals surface area contributed by atoms with Gasteiger partial charge in [0.1, 0.15) is 5.69 Å². The number of aliphatic hydroxyl groups excluding tert-OH is 1. The first-order valence-electron chi connectivity index (χ1n) is 5.77. The van der Waals surface area contributed by atoms with E-state index in [9.17, 15) is 9.90 Å². The smallest absolute Gasteiger partial charge is 0.272 e. The van der Waals surface area contributed by atoms with Crippen LogP contribution in [0.25, 0.3) is 11.0 Å². The molecule has 2 aromatic rings. The molecule has 0 saturated carbocycles. The lowest BCUT2D eigenvalue weighted by molar-refractivity contribution is 0.150. The van der Waals surface area contributed by atoms with Crippen molar-refractivity contribution in [3.8, 4) is 0 Å². The van der Waals surface area contributed by atoms with Crippen molar-refractivity contribution in [1.82, 2.24) is 9.55 Å². The molecule has 1 unspecified atom stereocenters. The number of aliphatic hydroxyl groups is 1. The molecule has 0 aliphatic rings. The summed E-state index contributed by atoms with van der Waals surface area (Å²) in [4.78, 5) is 16.3. The molecule has 0 radical (unpaired) electrons. The van der Waals surface area contributed by atoms with Crippen LogP contribution in [0.1, 0.15) is 19.0 Å². The van der Waals surface area contributed by atoms with Crippen LogP contribution in [0, 0.1) is 6.92 Å². The van der Waals surface area contributed by atoms with Crippen molar-refractivity contribution in [1.29, 1.82) is 0 Å². The maximum Gasteiger partial charge on any atom is 0.272 e. The fourth-order valence-electron chi connectivity index (χ4n) is 1.84. The van der Waals surface area contributed by atoms with Crippen LogP contribution >= 0.6 is 0 Å². The van der Waals surface area contributed by atoms with E-state index in [1.54, 1.807) is 11.5 Å². The van der Waals surface area contributed by atoms with E-state index in [-0.39, 0.29) is 5.56 Å². The highest BCUT2D eigenvalue weighted by atomic mass is 16.3. The Morgan fingerprint density at radius 1 is 1.41 bits per heavy atom. The SMILES string of the molecule is CCC(O)Cn1c(=O)c(C)nc2ccccc21. The van der Waals surface area contributed by atoms with Crippen LogP contribution in [-0.4, -0.2) is 20.8 Å². The molecule has 1 aromatic heterocycles. The summed E-state index contributed by atoms with van der Waals surface area (Å²) in [5.74, 6) is 0. The van der Waals surface area contributed by atoms with Crippen LogP contribution in [0.4, 0.5) is 0 Å². The van der Waals surface area contributed by atoms with E-state index in [1.807, 2.05) is 31.2 Å². The van der Waals surface area contributed by atoms with E-state index in [0.717, 1.165) is 11.0 Å². The maximum atomic E-state index is 12.0. The summed E-state index contributed by atoms with van der Waals surface area (Å²) in [6, 6.07) is 7.48. The molecular weight excluding hydrogens is 216 g/mol. The van der Waals surface area contributed by atoms with Gasteiger partial charge in [-0.1, -0.05) is 19.1 Å². The minimum Gasteiger partial charge on any atom is -0.391 e. The number of nitrogens with zero attached hydrogens (tertiary/aromatic N) is 2. The lowest BCUT2D eigenvalue weighted by Crippen LogP contribution is -2.29. The fraction of sp³-hybridized carbons (Fsp3) is 0.385. The number of hydrogen-bond acceptors (Lipinski definition) is 3. The molecule has 0 fully saturated rings. The van der Waals surface area contributed by atoms with E-state index in [4.69, 9.17) is 0 Å². The number of rotatable bonds is 3. The van der Waals surface area contributed by atoms with Crippen LogP contribution in [0.5, 0.6) is 0 Å². The Balaban J connectivity index is 2.66. The second-order valence-electron chi connectivity index (χ2n) is 4.16. The largest absolute Gasteiger partial charge is 0.391 e. The number of para-hydroxylation sites is 2.